The molecule has 3 aliphatic rings. The number of carbonyl (C=O) groups excluding carboxylic acids is 3. The standard InChI is InChI=1S/C21H25NO5S.C10H18O2/c23-13-16-11-15(12-18-20(25)22-21(26)28-18)9-10-17(16)27-19(24)8-4-7-14-5-2-1-3-6-14;11-10(12)8-4-7-9-5-2-1-3-6-9/h9-12,14,23H,1-8,13H2,(H,22,25,26);9H,1-8H2,(H,11,12)/b18-12-;. The number of hydrogen-bond acceptors (Lipinski definition) is 7. The maximum absolute atomic E-state index is 12.2. The maximum atomic E-state index is 12.2. The second-order valence-electron chi connectivity index (χ2n) is 11.0. The molecule has 0 bridgehead atoms. The highest BCUT2D eigenvalue weighted by Crippen LogP contribution is 2.30. The molecule has 2 aliphatic carbocycles. The third-order valence-electron chi connectivity index (χ3n) is 7.86. The van der Waals surface area contributed by atoms with Crippen molar-refractivity contribution in [3.05, 3.63) is 34.2 Å². The van der Waals surface area contributed by atoms with E-state index in [2.05, 4.69) is 5.32 Å². The van der Waals surface area contributed by atoms with Gasteiger partial charge < -0.3 is 14.9 Å². The number of hydrogen-bond donors (Lipinski definition) is 3. The van der Waals surface area contributed by atoms with Crippen molar-refractivity contribution in [3.63, 3.8) is 0 Å². The minimum Gasteiger partial charge on any atom is -0.481 e. The molecule has 0 spiro atoms. The van der Waals surface area contributed by atoms with Crippen molar-refractivity contribution in [1.82, 2.24) is 5.32 Å². The van der Waals surface area contributed by atoms with Crippen LogP contribution in [0.1, 0.15) is 114 Å². The molecule has 0 unspecified atom stereocenters. The molecule has 9 heteroatoms. The van der Waals surface area contributed by atoms with Crippen molar-refractivity contribution in [2.75, 3.05) is 0 Å². The molecule has 220 valence electrons. The summed E-state index contributed by atoms with van der Waals surface area (Å²) in [6.45, 7) is -0.292. The summed E-state index contributed by atoms with van der Waals surface area (Å²) < 4.78 is 5.43. The van der Waals surface area contributed by atoms with Crippen LogP contribution in [0.25, 0.3) is 6.08 Å². The van der Waals surface area contributed by atoms with E-state index in [0.29, 0.717) is 34.6 Å². The molecule has 0 aromatic heterocycles. The van der Waals surface area contributed by atoms with Gasteiger partial charge in [-0.1, -0.05) is 70.3 Å². The molecule has 0 atom stereocenters. The van der Waals surface area contributed by atoms with Crippen molar-refractivity contribution in [2.45, 2.75) is 109 Å². The molecule has 1 aromatic carbocycles. The summed E-state index contributed by atoms with van der Waals surface area (Å²) in [5, 5.41) is 19.8. The number of aliphatic hydroxyl groups excluding tert-OH is 1. The van der Waals surface area contributed by atoms with Gasteiger partial charge in [-0.05, 0) is 73.1 Å². The van der Waals surface area contributed by atoms with Gasteiger partial charge in [0.25, 0.3) is 11.1 Å². The fourth-order valence-corrected chi connectivity index (χ4v) is 6.37. The van der Waals surface area contributed by atoms with E-state index in [1.165, 1.54) is 64.2 Å². The number of thioether (sulfide) groups is 1. The monoisotopic (exact) mass is 573 g/mol. The number of imide groups is 1. The molecule has 1 aliphatic heterocycles. The summed E-state index contributed by atoms with van der Waals surface area (Å²) in [6, 6.07) is 4.94. The number of aliphatic carboxylic acids is 1. The van der Waals surface area contributed by atoms with E-state index >= 15 is 0 Å². The summed E-state index contributed by atoms with van der Waals surface area (Å²) >= 11 is 0.831. The number of nitrogens with one attached hydrogen (secondary N) is 1. The fourth-order valence-electron chi connectivity index (χ4n) is 5.69. The predicted octanol–water partition coefficient (Wildman–Crippen LogP) is 6.98. The second kappa shape index (κ2) is 17.2. The van der Waals surface area contributed by atoms with Gasteiger partial charge in [0.15, 0.2) is 0 Å². The van der Waals surface area contributed by atoms with E-state index < -0.39 is 17.1 Å². The number of carboxylic acids is 1. The lowest BCUT2D eigenvalue weighted by molar-refractivity contribution is -0.137. The molecule has 1 heterocycles. The first-order valence-corrected chi connectivity index (χ1v) is 15.6. The highest BCUT2D eigenvalue weighted by Gasteiger charge is 2.25. The van der Waals surface area contributed by atoms with Crippen LogP contribution in [0, 0.1) is 11.8 Å². The number of esters is 1. The first kappa shape index (κ1) is 31.9. The van der Waals surface area contributed by atoms with Gasteiger partial charge in [-0.3, -0.25) is 24.5 Å². The zero-order valence-electron chi connectivity index (χ0n) is 23.3. The largest absolute Gasteiger partial charge is 0.481 e. The van der Waals surface area contributed by atoms with Crippen LogP contribution in [0.2, 0.25) is 0 Å². The van der Waals surface area contributed by atoms with Crippen LogP contribution in [-0.2, 0) is 21.0 Å². The summed E-state index contributed by atoms with van der Waals surface area (Å²) in [6.07, 6.45) is 19.4. The summed E-state index contributed by atoms with van der Waals surface area (Å²) in [5.74, 6) is 0.511. The van der Waals surface area contributed by atoms with Crippen LogP contribution in [-0.4, -0.2) is 33.3 Å². The molecule has 2 saturated carbocycles. The number of amides is 2. The molecule has 1 aromatic rings. The molecule has 4 rings (SSSR count). The molecule has 2 amide bonds. The van der Waals surface area contributed by atoms with Crippen LogP contribution in [0.4, 0.5) is 4.79 Å². The van der Waals surface area contributed by atoms with Gasteiger partial charge in [-0.2, -0.15) is 0 Å². The second-order valence-corrected chi connectivity index (χ2v) is 12.1. The highest BCUT2D eigenvalue weighted by molar-refractivity contribution is 8.18. The molecule has 3 fully saturated rings. The first-order chi connectivity index (χ1) is 19.3. The highest BCUT2D eigenvalue weighted by atomic mass is 32.2. The van der Waals surface area contributed by atoms with E-state index in [9.17, 15) is 24.3 Å². The topological polar surface area (TPSA) is 130 Å². The zero-order chi connectivity index (χ0) is 28.7. The van der Waals surface area contributed by atoms with Crippen LogP contribution < -0.4 is 10.1 Å². The average molecular weight is 574 g/mol. The quantitative estimate of drug-likeness (QED) is 0.147. The normalized spacial score (nSPS) is 19.2. The van der Waals surface area contributed by atoms with Crippen LogP contribution in [0.15, 0.2) is 23.1 Å². The maximum Gasteiger partial charge on any atom is 0.311 e. The van der Waals surface area contributed by atoms with Crippen molar-refractivity contribution in [3.8, 4) is 5.75 Å². The Hall–Kier alpha value is -2.65. The Morgan fingerprint density at radius 2 is 1.52 bits per heavy atom. The van der Waals surface area contributed by atoms with Gasteiger partial charge in [0.05, 0.1) is 11.5 Å². The summed E-state index contributed by atoms with van der Waals surface area (Å²) in [7, 11) is 0. The zero-order valence-corrected chi connectivity index (χ0v) is 24.1. The molecule has 8 nitrogen and oxygen atoms in total. The Bertz CT molecular complexity index is 1040. The van der Waals surface area contributed by atoms with Crippen LogP contribution >= 0.6 is 11.8 Å². The smallest absolute Gasteiger partial charge is 0.311 e. The van der Waals surface area contributed by atoms with E-state index in [-0.39, 0.29) is 12.6 Å². The molecule has 3 N–H and O–H groups in total. The number of carbonyl (C=O) groups is 4. The number of ether oxygens (including phenoxy) is 1. The molecule has 40 heavy (non-hydrogen) atoms. The Morgan fingerprint density at radius 3 is 2.05 bits per heavy atom. The van der Waals surface area contributed by atoms with Gasteiger partial charge in [-0.25, -0.2) is 0 Å². The Labute approximate surface area is 241 Å². The van der Waals surface area contributed by atoms with Gasteiger partial charge in [0.1, 0.15) is 5.75 Å². The van der Waals surface area contributed by atoms with Crippen molar-refractivity contribution in [2.24, 2.45) is 11.8 Å². The number of benzene rings is 1. The molecular weight excluding hydrogens is 530 g/mol. The summed E-state index contributed by atoms with van der Waals surface area (Å²) in [5.41, 5.74) is 1.11. The average Bonchev–Trinajstić information content (AvgIpc) is 3.26. The Morgan fingerprint density at radius 1 is 0.925 bits per heavy atom. The van der Waals surface area contributed by atoms with Crippen molar-refractivity contribution in [1.29, 1.82) is 0 Å². The minimum atomic E-state index is -0.647. The first-order valence-electron chi connectivity index (χ1n) is 14.7. The third-order valence-corrected chi connectivity index (χ3v) is 8.67. The summed E-state index contributed by atoms with van der Waals surface area (Å²) in [4.78, 5) is 45.6. The lowest BCUT2D eigenvalue weighted by atomic mass is 9.86. The van der Waals surface area contributed by atoms with Gasteiger partial charge in [-0.15, -0.1) is 0 Å². The number of carboxylic acid groups (broad SMARTS) is 1. The lowest BCUT2D eigenvalue weighted by Gasteiger charge is -2.21. The number of aliphatic hydroxyl groups is 1. The van der Waals surface area contributed by atoms with Crippen molar-refractivity contribution < 1.29 is 34.1 Å². The Balaban J connectivity index is 0.000000307. The van der Waals surface area contributed by atoms with E-state index in [0.717, 1.165) is 49.3 Å². The van der Waals surface area contributed by atoms with E-state index in [1.54, 1.807) is 24.3 Å². The van der Waals surface area contributed by atoms with Crippen LogP contribution in [0.5, 0.6) is 5.75 Å². The van der Waals surface area contributed by atoms with Gasteiger partial charge in [0, 0.05) is 18.4 Å². The fraction of sp³-hybridized carbons (Fsp3) is 0.613. The van der Waals surface area contributed by atoms with Crippen LogP contribution in [0.3, 0.4) is 0 Å². The third kappa shape index (κ3) is 11.5. The predicted molar refractivity (Wildman–Crippen MR) is 156 cm³/mol. The molecule has 0 radical (unpaired) electrons. The SMILES string of the molecule is O=C(CCCC1CCCCC1)Oc1ccc(/C=C2\SC(=O)NC2=O)cc1CO.O=C(O)CCCC1CCCCC1. The Kier molecular flexibility index (Phi) is 13.7. The van der Waals surface area contributed by atoms with E-state index in [4.69, 9.17) is 9.84 Å². The molecular formula is C31H43NO7S. The number of rotatable bonds is 11. The van der Waals surface area contributed by atoms with Crippen molar-refractivity contribution >= 4 is 40.9 Å². The van der Waals surface area contributed by atoms with Gasteiger partial charge in [0.2, 0.25) is 0 Å². The lowest BCUT2D eigenvalue weighted by Crippen LogP contribution is -2.17. The molecule has 1 saturated heterocycles. The van der Waals surface area contributed by atoms with Gasteiger partial charge >= 0.3 is 11.9 Å². The minimum absolute atomic E-state index is 0.292. The van der Waals surface area contributed by atoms with E-state index in [1.807, 2.05) is 0 Å².